The van der Waals surface area contributed by atoms with Gasteiger partial charge in [0.15, 0.2) is 0 Å². The van der Waals surface area contributed by atoms with Gasteiger partial charge in [-0.25, -0.2) is 0 Å². The minimum Gasteiger partial charge on any atom is -0.456 e. The molecule has 0 spiro atoms. The Balaban J connectivity index is 1.10. The molecule has 2 nitrogen and oxygen atoms in total. The summed E-state index contributed by atoms with van der Waals surface area (Å²) in [5, 5.41) is 12.5. The van der Waals surface area contributed by atoms with E-state index >= 15 is 0 Å². The van der Waals surface area contributed by atoms with Crippen molar-refractivity contribution in [3.8, 4) is 11.1 Å². The average Bonchev–Trinajstić information content (AvgIpc) is 3.77. The van der Waals surface area contributed by atoms with Crippen LogP contribution in [0.15, 0.2) is 180 Å². The Bertz CT molecular complexity index is 3110. The van der Waals surface area contributed by atoms with E-state index in [1.165, 1.54) is 63.6 Å². The summed E-state index contributed by atoms with van der Waals surface area (Å²) in [4.78, 5) is 2.39. The van der Waals surface area contributed by atoms with E-state index in [1.54, 1.807) is 0 Å². The molecule has 0 atom stereocenters. The predicted octanol–water partition coefficient (Wildman–Crippen LogP) is 14.6. The van der Waals surface area contributed by atoms with Crippen molar-refractivity contribution in [2.75, 3.05) is 4.90 Å². The van der Waals surface area contributed by atoms with Crippen LogP contribution in [-0.4, -0.2) is 0 Å². The summed E-state index contributed by atoms with van der Waals surface area (Å²) in [6.07, 6.45) is 0. The van der Waals surface area contributed by atoms with Gasteiger partial charge >= 0.3 is 0 Å². The minimum atomic E-state index is 0.883. The lowest BCUT2D eigenvalue weighted by molar-refractivity contribution is 0.669. The fourth-order valence-corrected chi connectivity index (χ4v) is 9.20. The zero-order valence-electron chi connectivity index (χ0n) is 27.5. The molecule has 238 valence electrons. The number of para-hydroxylation sites is 1. The fourth-order valence-electron chi connectivity index (χ4n) is 8.11. The third-order valence-electron chi connectivity index (χ3n) is 10.4. The summed E-state index contributed by atoms with van der Waals surface area (Å²) < 4.78 is 8.97. The van der Waals surface area contributed by atoms with Crippen LogP contribution in [0.5, 0.6) is 0 Å². The molecule has 51 heavy (non-hydrogen) atoms. The van der Waals surface area contributed by atoms with E-state index in [1.807, 2.05) is 17.4 Å². The van der Waals surface area contributed by atoms with E-state index in [9.17, 15) is 0 Å². The summed E-state index contributed by atoms with van der Waals surface area (Å²) >= 11 is 1.85. The number of nitrogens with zero attached hydrogens (tertiary/aromatic N) is 1. The van der Waals surface area contributed by atoms with Crippen LogP contribution >= 0.6 is 11.3 Å². The molecule has 0 aliphatic carbocycles. The first-order valence-electron chi connectivity index (χ1n) is 17.3. The second kappa shape index (κ2) is 11.0. The number of hydrogen-bond donors (Lipinski definition) is 0. The molecule has 0 radical (unpaired) electrons. The number of fused-ring (bicyclic) bond motifs is 12. The van der Waals surface area contributed by atoms with Crippen LogP contribution < -0.4 is 4.90 Å². The molecule has 2 aromatic heterocycles. The maximum absolute atomic E-state index is 6.37. The molecular formula is C48H29NOS. The molecule has 0 N–H and O–H groups in total. The zero-order valence-corrected chi connectivity index (χ0v) is 28.3. The molecule has 0 bridgehead atoms. The van der Waals surface area contributed by atoms with Crippen molar-refractivity contribution < 1.29 is 4.42 Å². The van der Waals surface area contributed by atoms with Crippen molar-refractivity contribution in [1.82, 2.24) is 0 Å². The molecule has 0 fully saturated rings. The van der Waals surface area contributed by atoms with Crippen LogP contribution in [0.25, 0.3) is 85.6 Å². The predicted molar refractivity (Wildman–Crippen MR) is 219 cm³/mol. The lowest BCUT2D eigenvalue weighted by atomic mass is 9.92. The van der Waals surface area contributed by atoms with Crippen molar-refractivity contribution >= 4 is 103 Å². The molecule has 0 saturated carbocycles. The van der Waals surface area contributed by atoms with Crippen LogP contribution in [0.4, 0.5) is 17.1 Å². The summed E-state index contributed by atoms with van der Waals surface area (Å²) in [5.41, 5.74) is 7.46. The first-order chi connectivity index (χ1) is 25.3. The van der Waals surface area contributed by atoms with Gasteiger partial charge < -0.3 is 9.32 Å². The molecule has 2 heterocycles. The van der Waals surface area contributed by atoms with Gasteiger partial charge in [0.1, 0.15) is 11.2 Å². The lowest BCUT2D eigenvalue weighted by Gasteiger charge is -2.26. The molecule has 11 rings (SSSR count). The number of rotatable bonds is 4. The molecule has 0 saturated heterocycles. The standard InChI is InChI=1S/C48H29NOS/c1-2-12-36-34(10-1)35-11-3-4-13-37(35)41-28-31(22-26-38(36)41)30-20-23-32(24-21-30)49(33-25-27-47-42(29-33)39-14-6-8-19-46(39)51-47)43-16-9-18-45-48(43)40-15-5-7-17-44(40)50-45/h1-29H. The second-order valence-corrected chi connectivity index (χ2v) is 14.3. The maximum Gasteiger partial charge on any atom is 0.137 e. The quantitative estimate of drug-likeness (QED) is 0.174. The van der Waals surface area contributed by atoms with E-state index in [0.29, 0.717) is 0 Å². The Hall–Kier alpha value is -6.42. The van der Waals surface area contributed by atoms with E-state index in [4.69, 9.17) is 4.42 Å². The highest BCUT2D eigenvalue weighted by Gasteiger charge is 2.20. The van der Waals surface area contributed by atoms with Crippen LogP contribution in [-0.2, 0) is 0 Å². The van der Waals surface area contributed by atoms with Gasteiger partial charge in [-0.1, -0.05) is 115 Å². The highest BCUT2D eigenvalue weighted by Crippen LogP contribution is 2.45. The van der Waals surface area contributed by atoms with Crippen molar-refractivity contribution in [2.45, 2.75) is 0 Å². The van der Waals surface area contributed by atoms with Gasteiger partial charge in [-0.3, -0.25) is 0 Å². The van der Waals surface area contributed by atoms with Crippen LogP contribution in [0, 0.1) is 0 Å². The molecule has 0 amide bonds. The normalized spacial score (nSPS) is 11.9. The molecule has 0 aliphatic rings. The monoisotopic (exact) mass is 667 g/mol. The van der Waals surface area contributed by atoms with E-state index in [2.05, 4.69) is 175 Å². The summed E-state index contributed by atoms with van der Waals surface area (Å²) in [6, 6.07) is 63.8. The lowest BCUT2D eigenvalue weighted by Crippen LogP contribution is -2.10. The largest absolute Gasteiger partial charge is 0.456 e. The topological polar surface area (TPSA) is 16.4 Å². The van der Waals surface area contributed by atoms with Crippen LogP contribution in [0.1, 0.15) is 0 Å². The average molecular weight is 668 g/mol. The van der Waals surface area contributed by atoms with Gasteiger partial charge in [0.25, 0.3) is 0 Å². The van der Waals surface area contributed by atoms with Gasteiger partial charge in [-0.05, 0) is 104 Å². The maximum atomic E-state index is 6.37. The number of anilines is 3. The second-order valence-electron chi connectivity index (χ2n) is 13.3. The number of furan rings is 1. The summed E-state index contributed by atoms with van der Waals surface area (Å²) in [5.74, 6) is 0. The summed E-state index contributed by atoms with van der Waals surface area (Å²) in [7, 11) is 0. The van der Waals surface area contributed by atoms with Gasteiger partial charge in [-0.2, -0.15) is 0 Å². The SMILES string of the molecule is c1ccc2c(c1)oc1cccc(N(c3ccc(-c4ccc5c6ccccc6c6ccccc6c5c4)cc3)c3ccc4sc5ccccc5c4c3)c12. The van der Waals surface area contributed by atoms with Crippen molar-refractivity contribution in [2.24, 2.45) is 0 Å². The first kappa shape index (κ1) is 28.4. The molecular weight excluding hydrogens is 639 g/mol. The third kappa shape index (κ3) is 4.35. The van der Waals surface area contributed by atoms with E-state index in [-0.39, 0.29) is 0 Å². The van der Waals surface area contributed by atoms with Crippen molar-refractivity contribution in [3.63, 3.8) is 0 Å². The number of benzene rings is 9. The number of thiophene rings is 1. The van der Waals surface area contributed by atoms with Crippen LogP contribution in [0.2, 0.25) is 0 Å². The molecule has 0 unspecified atom stereocenters. The molecule has 9 aromatic carbocycles. The van der Waals surface area contributed by atoms with Gasteiger partial charge in [0.2, 0.25) is 0 Å². The van der Waals surface area contributed by atoms with Gasteiger partial charge in [0.05, 0.1) is 11.1 Å². The third-order valence-corrected chi connectivity index (χ3v) is 11.6. The number of hydrogen-bond acceptors (Lipinski definition) is 3. The Labute approximate surface area is 298 Å². The Morgan fingerprint density at radius 1 is 0.353 bits per heavy atom. The fraction of sp³-hybridized carbons (Fsp3) is 0. The summed E-state index contributed by atoms with van der Waals surface area (Å²) in [6.45, 7) is 0. The smallest absolute Gasteiger partial charge is 0.137 e. The highest BCUT2D eigenvalue weighted by atomic mass is 32.1. The minimum absolute atomic E-state index is 0.883. The Morgan fingerprint density at radius 2 is 0.922 bits per heavy atom. The molecule has 0 aliphatic heterocycles. The van der Waals surface area contributed by atoms with E-state index in [0.717, 1.165) is 39.0 Å². The highest BCUT2D eigenvalue weighted by molar-refractivity contribution is 7.25. The van der Waals surface area contributed by atoms with Crippen LogP contribution in [0.3, 0.4) is 0 Å². The van der Waals surface area contributed by atoms with Crippen molar-refractivity contribution in [3.05, 3.63) is 176 Å². The first-order valence-corrected chi connectivity index (χ1v) is 18.2. The van der Waals surface area contributed by atoms with Gasteiger partial charge in [-0.15, -0.1) is 11.3 Å². The Morgan fingerprint density at radius 3 is 1.69 bits per heavy atom. The Kier molecular flexibility index (Phi) is 6.16. The van der Waals surface area contributed by atoms with Crippen molar-refractivity contribution in [1.29, 1.82) is 0 Å². The van der Waals surface area contributed by atoms with Gasteiger partial charge in [0, 0.05) is 36.9 Å². The molecule has 11 aromatic rings. The molecule has 3 heteroatoms. The van der Waals surface area contributed by atoms with E-state index < -0.39 is 0 Å². The zero-order chi connectivity index (χ0) is 33.5.